The van der Waals surface area contributed by atoms with E-state index < -0.39 is 12.1 Å². The number of carbonyl (C=O) groups excluding carboxylic acids is 2. The van der Waals surface area contributed by atoms with E-state index in [1.165, 1.54) is 0 Å². The molecule has 2 unspecified atom stereocenters. The molecule has 0 saturated carbocycles. The van der Waals surface area contributed by atoms with E-state index in [-0.39, 0.29) is 11.8 Å². The van der Waals surface area contributed by atoms with E-state index in [0.717, 1.165) is 25.7 Å². The summed E-state index contributed by atoms with van der Waals surface area (Å²) in [6.07, 6.45) is 3.69. The largest absolute Gasteiger partial charge is 0.368 e. The van der Waals surface area contributed by atoms with Crippen molar-refractivity contribution in [2.75, 3.05) is 18.5 Å². The Kier molecular flexibility index (Phi) is 5.64. The molecule has 5 nitrogen and oxygen atoms in total. The molecule has 2 aliphatic heterocycles. The third kappa shape index (κ3) is 3.85. The van der Waals surface area contributed by atoms with Gasteiger partial charge in [0.05, 0.1) is 10.7 Å². The number of anilines is 1. The highest BCUT2D eigenvalue weighted by Gasteiger charge is 2.37. The summed E-state index contributed by atoms with van der Waals surface area (Å²) in [5, 5.41) is 3.70. The maximum atomic E-state index is 12.7. The molecule has 2 fully saturated rings. The average molecular weight is 371 g/mol. The van der Waals surface area contributed by atoms with E-state index in [1.807, 2.05) is 0 Å². The van der Waals surface area contributed by atoms with Crippen LogP contribution in [-0.4, -0.2) is 42.0 Å². The molecule has 0 aromatic heterocycles. The lowest BCUT2D eigenvalue weighted by Crippen LogP contribution is -2.53. The number of nitrogens with one attached hydrogen (secondary N) is 1. The van der Waals surface area contributed by atoms with Gasteiger partial charge in [0.2, 0.25) is 5.91 Å². The van der Waals surface area contributed by atoms with E-state index in [4.69, 9.17) is 27.9 Å². The molecule has 0 radical (unpaired) electrons. The van der Waals surface area contributed by atoms with E-state index in [1.54, 1.807) is 23.1 Å². The van der Waals surface area contributed by atoms with Crippen LogP contribution in [0, 0.1) is 0 Å². The number of carbonyl (C=O) groups is 2. The Hall–Kier alpha value is -1.30. The molecule has 1 N–H and O–H groups in total. The van der Waals surface area contributed by atoms with Crippen molar-refractivity contribution in [2.24, 2.45) is 0 Å². The first kappa shape index (κ1) is 17.5. The Bertz CT molecular complexity index is 632. The first-order chi connectivity index (χ1) is 11.6. The SMILES string of the molecule is O=C(Nc1ccc(Cl)cc1Cl)C1CCCCN1C(=O)C1CCCO1. The summed E-state index contributed by atoms with van der Waals surface area (Å²) in [5.41, 5.74) is 0.501. The van der Waals surface area contributed by atoms with Crippen LogP contribution in [-0.2, 0) is 14.3 Å². The maximum absolute atomic E-state index is 12.7. The number of hydrogen-bond donors (Lipinski definition) is 1. The molecule has 1 aromatic rings. The van der Waals surface area contributed by atoms with Crippen molar-refractivity contribution >= 4 is 40.7 Å². The molecule has 0 aliphatic carbocycles. The molecule has 1 aromatic carbocycles. The van der Waals surface area contributed by atoms with Crippen LogP contribution >= 0.6 is 23.2 Å². The van der Waals surface area contributed by atoms with E-state index in [2.05, 4.69) is 5.32 Å². The van der Waals surface area contributed by atoms with Crippen molar-refractivity contribution in [1.29, 1.82) is 0 Å². The van der Waals surface area contributed by atoms with Gasteiger partial charge in [0.1, 0.15) is 12.1 Å². The minimum absolute atomic E-state index is 0.0745. The van der Waals surface area contributed by atoms with Gasteiger partial charge in [-0.2, -0.15) is 0 Å². The van der Waals surface area contributed by atoms with Crippen molar-refractivity contribution in [2.45, 2.75) is 44.2 Å². The Labute approximate surface area is 151 Å². The van der Waals surface area contributed by atoms with Crippen LogP contribution in [0.25, 0.3) is 0 Å². The van der Waals surface area contributed by atoms with Gasteiger partial charge >= 0.3 is 0 Å². The van der Waals surface area contributed by atoms with Crippen molar-refractivity contribution < 1.29 is 14.3 Å². The number of nitrogens with zero attached hydrogens (tertiary/aromatic N) is 1. The molecular formula is C17H20Cl2N2O3. The van der Waals surface area contributed by atoms with Gasteiger partial charge in [-0.05, 0) is 50.3 Å². The predicted octanol–water partition coefficient (Wildman–Crippen LogP) is 3.49. The normalized spacial score (nSPS) is 24.0. The zero-order chi connectivity index (χ0) is 17.1. The van der Waals surface area contributed by atoms with Crippen molar-refractivity contribution in [3.63, 3.8) is 0 Å². The number of halogens is 2. The molecule has 2 amide bonds. The van der Waals surface area contributed by atoms with Gasteiger partial charge in [-0.3, -0.25) is 9.59 Å². The number of likely N-dealkylation sites (tertiary alicyclic amines) is 1. The zero-order valence-corrected chi connectivity index (χ0v) is 14.8. The Morgan fingerprint density at radius 3 is 2.71 bits per heavy atom. The second-order valence-corrected chi connectivity index (χ2v) is 7.00. The number of benzene rings is 1. The van der Waals surface area contributed by atoms with Crippen LogP contribution in [0.1, 0.15) is 32.1 Å². The molecule has 24 heavy (non-hydrogen) atoms. The molecule has 0 bridgehead atoms. The summed E-state index contributed by atoms with van der Waals surface area (Å²) in [6.45, 7) is 1.20. The Morgan fingerprint density at radius 1 is 1.17 bits per heavy atom. The van der Waals surface area contributed by atoms with Crippen LogP contribution in [0.15, 0.2) is 18.2 Å². The number of amides is 2. The van der Waals surface area contributed by atoms with Gasteiger partial charge in [-0.15, -0.1) is 0 Å². The lowest BCUT2D eigenvalue weighted by Gasteiger charge is -2.36. The highest BCUT2D eigenvalue weighted by molar-refractivity contribution is 6.36. The van der Waals surface area contributed by atoms with Gasteiger partial charge in [-0.25, -0.2) is 0 Å². The second-order valence-electron chi connectivity index (χ2n) is 6.16. The predicted molar refractivity (Wildman–Crippen MR) is 93.4 cm³/mol. The maximum Gasteiger partial charge on any atom is 0.252 e. The van der Waals surface area contributed by atoms with Crippen molar-refractivity contribution in [3.8, 4) is 0 Å². The molecular weight excluding hydrogens is 351 g/mol. The monoisotopic (exact) mass is 370 g/mol. The smallest absolute Gasteiger partial charge is 0.252 e. The summed E-state index contributed by atoms with van der Waals surface area (Å²) < 4.78 is 5.49. The van der Waals surface area contributed by atoms with E-state index in [0.29, 0.717) is 35.3 Å². The van der Waals surface area contributed by atoms with E-state index in [9.17, 15) is 9.59 Å². The Morgan fingerprint density at radius 2 is 2.00 bits per heavy atom. The number of ether oxygens (including phenoxy) is 1. The fourth-order valence-corrected chi connectivity index (χ4v) is 3.69. The zero-order valence-electron chi connectivity index (χ0n) is 13.3. The van der Waals surface area contributed by atoms with Gasteiger partial charge in [-0.1, -0.05) is 23.2 Å². The van der Waals surface area contributed by atoms with Gasteiger partial charge < -0.3 is 15.0 Å². The van der Waals surface area contributed by atoms with Gasteiger partial charge in [0, 0.05) is 18.2 Å². The Balaban J connectivity index is 1.72. The molecule has 0 spiro atoms. The standard InChI is InChI=1S/C17H20Cl2N2O3/c18-11-6-7-13(12(19)10-11)20-16(22)14-4-1-2-8-21(14)17(23)15-5-3-9-24-15/h6-7,10,14-15H,1-5,8-9H2,(H,20,22). The highest BCUT2D eigenvalue weighted by Crippen LogP contribution is 2.27. The minimum atomic E-state index is -0.484. The minimum Gasteiger partial charge on any atom is -0.368 e. The molecule has 2 heterocycles. The van der Waals surface area contributed by atoms with Crippen LogP contribution in [0.4, 0.5) is 5.69 Å². The lowest BCUT2D eigenvalue weighted by molar-refractivity contribution is -0.148. The molecule has 2 saturated heterocycles. The molecule has 2 aliphatic rings. The van der Waals surface area contributed by atoms with E-state index >= 15 is 0 Å². The lowest BCUT2D eigenvalue weighted by atomic mass is 10.00. The average Bonchev–Trinajstić information content (AvgIpc) is 3.11. The number of piperidine rings is 1. The van der Waals surface area contributed by atoms with Crippen LogP contribution in [0.5, 0.6) is 0 Å². The van der Waals surface area contributed by atoms with Crippen molar-refractivity contribution in [1.82, 2.24) is 4.90 Å². The molecule has 2 atom stereocenters. The molecule has 130 valence electrons. The molecule has 7 heteroatoms. The second kappa shape index (κ2) is 7.72. The van der Waals surface area contributed by atoms with Gasteiger partial charge in [0.15, 0.2) is 0 Å². The first-order valence-corrected chi connectivity index (χ1v) is 9.00. The van der Waals surface area contributed by atoms with Crippen LogP contribution in [0.3, 0.4) is 0 Å². The fourth-order valence-electron chi connectivity index (χ4n) is 3.23. The summed E-state index contributed by atoms with van der Waals surface area (Å²) in [5.74, 6) is -0.292. The summed E-state index contributed by atoms with van der Waals surface area (Å²) in [7, 11) is 0. The third-order valence-electron chi connectivity index (χ3n) is 4.48. The van der Waals surface area contributed by atoms with Crippen LogP contribution < -0.4 is 5.32 Å². The van der Waals surface area contributed by atoms with Gasteiger partial charge in [0.25, 0.3) is 5.91 Å². The van der Waals surface area contributed by atoms with Crippen molar-refractivity contribution in [3.05, 3.63) is 28.2 Å². The molecule has 3 rings (SSSR count). The fraction of sp³-hybridized carbons (Fsp3) is 0.529. The summed E-state index contributed by atoms with van der Waals surface area (Å²) in [4.78, 5) is 27.0. The van der Waals surface area contributed by atoms with Crippen LogP contribution in [0.2, 0.25) is 10.0 Å². The summed E-state index contributed by atoms with van der Waals surface area (Å²) >= 11 is 12.0. The summed E-state index contributed by atoms with van der Waals surface area (Å²) in [6, 6.07) is 4.42. The first-order valence-electron chi connectivity index (χ1n) is 8.24. The third-order valence-corrected chi connectivity index (χ3v) is 5.03. The highest BCUT2D eigenvalue weighted by atomic mass is 35.5. The topological polar surface area (TPSA) is 58.6 Å². The number of hydrogen-bond acceptors (Lipinski definition) is 3. The quantitative estimate of drug-likeness (QED) is 0.885. The number of rotatable bonds is 3.